The van der Waals surface area contributed by atoms with Gasteiger partial charge in [-0.15, -0.1) is 23.1 Å². The van der Waals surface area contributed by atoms with Gasteiger partial charge in [0.1, 0.15) is 29.9 Å². The Hall–Kier alpha value is -2.30. The monoisotopic (exact) mass is 546 g/mol. The van der Waals surface area contributed by atoms with Gasteiger partial charge in [0.15, 0.2) is 16.6 Å². The standard InChI is InChI=1S/C19H17N5O7S3.Na/c1-30-23-11(9-7-34-19(20)21-9)14(25)22-12-15(26)24-13(17(27)28)8(5-32-16(12)24)6-33-18(29)10-3-2-4-31-10;/h2-4,7,12,16H,5-6H2,1H3,(H2,20,21)(H,22,25)(H,27,28);. The minimum absolute atomic E-state index is 0. The van der Waals surface area contributed by atoms with Crippen molar-refractivity contribution < 1.29 is 33.5 Å². The predicted octanol–water partition coefficient (Wildman–Crippen LogP) is 0.600. The van der Waals surface area contributed by atoms with Gasteiger partial charge >= 0.3 is 5.97 Å². The first-order valence-electron chi connectivity index (χ1n) is 9.55. The second kappa shape index (κ2) is 11.6. The largest absolute Gasteiger partial charge is 0.477 e. The van der Waals surface area contributed by atoms with Crippen LogP contribution in [0.15, 0.2) is 44.6 Å². The summed E-state index contributed by atoms with van der Waals surface area (Å²) in [6, 6.07) is 2.13. The number of carboxylic acids is 1. The van der Waals surface area contributed by atoms with E-state index in [2.05, 4.69) is 15.5 Å². The van der Waals surface area contributed by atoms with Gasteiger partial charge in [-0.1, -0.05) is 16.9 Å². The molecule has 0 aromatic carbocycles. The van der Waals surface area contributed by atoms with Gasteiger partial charge in [-0.2, -0.15) is 0 Å². The van der Waals surface area contributed by atoms with Crippen LogP contribution in [0.3, 0.4) is 0 Å². The third kappa shape index (κ3) is 5.59. The maximum absolute atomic E-state index is 12.8. The second-order valence-electron chi connectivity index (χ2n) is 6.87. The zero-order chi connectivity index (χ0) is 24.4. The Balaban J connectivity index is 0.00000342. The molecule has 2 atom stereocenters. The number of nitrogens with one attached hydrogen (secondary N) is 1. The van der Waals surface area contributed by atoms with Crippen LogP contribution in [-0.2, 0) is 19.2 Å². The molecule has 0 spiro atoms. The van der Waals surface area contributed by atoms with E-state index in [1.165, 1.54) is 36.6 Å². The smallest absolute Gasteiger partial charge is 0.352 e. The number of carbonyl (C=O) groups is 4. The van der Waals surface area contributed by atoms with E-state index in [1.54, 1.807) is 6.07 Å². The molecule has 1 radical (unpaired) electrons. The number of thiazole rings is 1. The number of carbonyl (C=O) groups excluding carboxylic acids is 3. The van der Waals surface area contributed by atoms with E-state index in [4.69, 9.17) is 15.0 Å². The minimum Gasteiger partial charge on any atom is -0.477 e. The van der Waals surface area contributed by atoms with Crippen molar-refractivity contribution in [3.05, 3.63) is 46.5 Å². The van der Waals surface area contributed by atoms with Gasteiger partial charge in [0, 0.05) is 46.4 Å². The van der Waals surface area contributed by atoms with Crippen molar-refractivity contribution in [1.29, 1.82) is 0 Å². The van der Waals surface area contributed by atoms with Crippen molar-refractivity contribution in [3.63, 3.8) is 0 Å². The number of thioether (sulfide) groups is 2. The van der Waals surface area contributed by atoms with Crippen LogP contribution in [0.1, 0.15) is 16.2 Å². The summed E-state index contributed by atoms with van der Waals surface area (Å²) >= 11 is 3.29. The van der Waals surface area contributed by atoms with Crippen molar-refractivity contribution >= 4 is 98.2 Å². The first-order chi connectivity index (χ1) is 16.3. The molecule has 0 saturated carbocycles. The van der Waals surface area contributed by atoms with Crippen LogP contribution in [-0.4, -0.2) is 103 Å². The quantitative estimate of drug-likeness (QED) is 0.183. The zero-order valence-corrected chi connectivity index (χ0v) is 22.9. The van der Waals surface area contributed by atoms with Crippen LogP contribution in [0.2, 0.25) is 0 Å². The Morgan fingerprint density at radius 3 is 2.83 bits per heavy atom. The van der Waals surface area contributed by atoms with Gasteiger partial charge in [0.05, 0.1) is 6.26 Å². The summed E-state index contributed by atoms with van der Waals surface area (Å²) in [5, 5.41) is 16.8. The molecule has 179 valence electrons. The number of hydrogen-bond donors (Lipinski definition) is 3. The number of furan rings is 1. The molecule has 2 unspecified atom stereocenters. The Morgan fingerprint density at radius 2 is 2.23 bits per heavy atom. The topological polar surface area (TPSA) is 177 Å². The molecule has 4 N–H and O–H groups in total. The number of nitrogens with zero attached hydrogens (tertiary/aromatic N) is 3. The second-order valence-corrected chi connectivity index (χ2v) is 9.81. The predicted molar refractivity (Wildman–Crippen MR) is 131 cm³/mol. The van der Waals surface area contributed by atoms with Crippen molar-refractivity contribution in [2.75, 3.05) is 24.3 Å². The Labute approximate surface area is 233 Å². The first-order valence-corrected chi connectivity index (χ1v) is 12.5. The molecule has 35 heavy (non-hydrogen) atoms. The Kier molecular flexibility index (Phi) is 9.06. The van der Waals surface area contributed by atoms with Crippen molar-refractivity contribution in [1.82, 2.24) is 15.2 Å². The fourth-order valence-corrected chi connectivity index (χ4v) is 6.14. The maximum atomic E-state index is 12.8. The number of nitrogens with two attached hydrogens (primary N) is 1. The molecule has 2 aliphatic heterocycles. The van der Waals surface area contributed by atoms with Crippen LogP contribution in [0, 0.1) is 0 Å². The number of fused-ring (bicyclic) bond motifs is 1. The van der Waals surface area contributed by atoms with E-state index in [-0.39, 0.29) is 74.2 Å². The van der Waals surface area contributed by atoms with Crippen LogP contribution in [0.5, 0.6) is 0 Å². The van der Waals surface area contributed by atoms with E-state index in [9.17, 15) is 24.3 Å². The summed E-state index contributed by atoms with van der Waals surface area (Å²) in [5.74, 6) is -2.08. The molecule has 4 rings (SSSR count). The van der Waals surface area contributed by atoms with Gasteiger partial charge in [-0.25, -0.2) is 9.78 Å². The van der Waals surface area contributed by atoms with Crippen LogP contribution in [0.4, 0.5) is 5.13 Å². The number of hydrogen-bond acceptors (Lipinski definition) is 12. The maximum Gasteiger partial charge on any atom is 0.352 e. The van der Waals surface area contributed by atoms with Gasteiger partial charge in [-0.3, -0.25) is 19.3 Å². The molecule has 1 saturated heterocycles. The molecular formula is C19H17N5NaO7S3. The van der Waals surface area contributed by atoms with Gasteiger partial charge in [0.2, 0.25) is 0 Å². The first kappa shape index (κ1) is 27.3. The molecule has 2 aromatic rings. The Morgan fingerprint density at radius 1 is 1.46 bits per heavy atom. The summed E-state index contributed by atoms with van der Waals surface area (Å²) < 4.78 is 5.05. The third-order valence-corrected chi connectivity index (χ3v) is 7.77. The van der Waals surface area contributed by atoms with Gasteiger partial charge in [0.25, 0.3) is 16.9 Å². The van der Waals surface area contributed by atoms with Gasteiger partial charge in [-0.05, 0) is 17.7 Å². The number of aromatic nitrogens is 1. The minimum atomic E-state index is -1.29. The molecule has 0 aliphatic carbocycles. The summed E-state index contributed by atoms with van der Waals surface area (Å²) in [5.41, 5.74) is 5.89. The number of aliphatic carboxylic acids is 1. The molecule has 16 heteroatoms. The third-order valence-electron chi connectivity index (χ3n) is 4.80. The van der Waals surface area contributed by atoms with E-state index in [0.717, 1.165) is 28.0 Å². The number of oxime groups is 1. The summed E-state index contributed by atoms with van der Waals surface area (Å²) in [6.07, 6.45) is 1.37. The number of nitrogen functional groups attached to an aromatic ring is 1. The van der Waals surface area contributed by atoms with Crippen molar-refractivity contribution in [2.45, 2.75) is 11.4 Å². The number of β-lactam (4-membered cyclic amide) rings is 1. The molecule has 2 amide bonds. The summed E-state index contributed by atoms with van der Waals surface area (Å²) in [7, 11) is 1.26. The van der Waals surface area contributed by atoms with Crippen molar-refractivity contribution in [2.24, 2.45) is 5.16 Å². The van der Waals surface area contributed by atoms with Crippen LogP contribution < -0.4 is 11.1 Å². The molecule has 1 fully saturated rings. The normalized spacial score (nSPS) is 19.4. The molecule has 12 nitrogen and oxygen atoms in total. The number of carboxylic acid groups (broad SMARTS) is 1. The van der Waals surface area contributed by atoms with Gasteiger partial charge < -0.3 is 25.4 Å². The van der Waals surface area contributed by atoms with E-state index in [0.29, 0.717) is 5.57 Å². The van der Waals surface area contributed by atoms with Crippen molar-refractivity contribution in [3.8, 4) is 0 Å². The SMILES string of the molecule is CON=C(C(=O)NC1C(=O)N2C(C(=O)O)=C(CSC(=O)c3ccco3)CSC12)c1csc(N)n1.[Na]. The summed E-state index contributed by atoms with van der Waals surface area (Å²) in [4.78, 5) is 59.6. The van der Waals surface area contributed by atoms with E-state index < -0.39 is 29.2 Å². The Bertz CT molecular complexity index is 1210. The molecule has 2 aromatic heterocycles. The molecule has 2 aliphatic rings. The average Bonchev–Trinajstić information content (AvgIpc) is 3.50. The fourth-order valence-electron chi connectivity index (χ4n) is 3.31. The average molecular weight is 547 g/mol. The zero-order valence-electron chi connectivity index (χ0n) is 18.4. The fraction of sp³-hybridized carbons (Fsp3) is 0.263. The molecule has 4 heterocycles. The number of amides is 2. The van der Waals surface area contributed by atoms with E-state index in [1.807, 2.05) is 0 Å². The number of anilines is 1. The van der Waals surface area contributed by atoms with Crippen LogP contribution in [0.25, 0.3) is 0 Å². The van der Waals surface area contributed by atoms with Crippen LogP contribution >= 0.6 is 34.9 Å². The number of rotatable bonds is 8. The van der Waals surface area contributed by atoms with E-state index >= 15 is 0 Å². The summed E-state index contributed by atoms with van der Waals surface area (Å²) in [6.45, 7) is 0. The molecule has 0 bridgehead atoms. The molecular weight excluding hydrogens is 529 g/mol.